The Kier molecular flexibility index (Phi) is 50.8. The van der Waals surface area contributed by atoms with Gasteiger partial charge in [0.25, 0.3) is 5.91 Å². The molecule has 3 rings (SSSR count). The van der Waals surface area contributed by atoms with E-state index in [-0.39, 0.29) is 117 Å². The molecule has 2 unspecified atom stereocenters. The second-order valence-corrected chi connectivity index (χ2v) is 24.8. The standard InChI is InChI=1S/C59H82N14O22S6.5H2S/c1-26(47(82)68-40(24-100)54(89)72-46(27(2)74)57(92)61-19-44(79)63-36(20-96)50(85)67-35(59(94)95)17-29-7-11-31(76)12-8-29)62-55(90)41-4-3-15-73(41)58(93)34(18-43(60)78)66-52(87)37(21-97)70-53(88)38(22-98)69-49(84)33(16-28-5-9-30(75)10-6-28)65-48(83)32(13-14-45(80)81)64-51(86)39(23-99)71-56(91)42(77)25-101;;;;;/h5-12,26-27,32-41,46,74-76,96-101H,3-4,13-25H2,1-2H3,(H2,60,78)(H,61,92)(H,62,90)(H,63,79)(H,64,86)(H,65,83)(H,66,87)(H,67,85)(H,68,82)(H,69,84)(H,70,88)(H,71,91)(H,72,89)(H,80,81)(H,94,95);5*1H2/t26?,27-,32+,33+,34+,35+,36?,37+,38+,39+,40+,41+,46+;;;;;/m1...../s1. The third kappa shape index (κ3) is 34.5. The molecule has 1 aliphatic rings. The minimum Gasteiger partial charge on any atom is -0.508 e. The van der Waals surface area contributed by atoms with Crippen LogP contribution in [0.4, 0.5) is 0 Å². The van der Waals surface area contributed by atoms with Gasteiger partial charge in [0.1, 0.15) is 84.0 Å². The van der Waals surface area contributed by atoms with E-state index in [0.717, 1.165) is 11.8 Å². The van der Waals surface area contributed by atoms with Crippen LogP contribution in [-0.2, 0) is 94.3 Å². The van der Waals surface area contributed by atoms with Crippen LogP contribution >= 0.6 is 143 Å². The Morgan fingerprint density at radius 2 is 0.877 bits per heavy atom. The predicted octanol–water partition coefficient (Wildman–Crippen LogP) is -6.74. The SMILES string of the molecule is CC(NC(=O)[C@@H]1CCCN1C(=O)[C@H](CC(N)=O)NC(=O)[C@H](CS)NC(=O)[C@H](CS)NC(=O)[C@H](Cc1ccc(O)cc1)NC(=O)[C@H](CCC(=O)O)NC(=O)[C@H](CS)NC(=O)C(=O)CS)C(=O)N[C@@H](CS)C(=O)N[C@H](C(=O)NCC(=O)NC(CS)C(=O)N[C@@H](Cc1ccc(O)cc1)C(=O)O)[C@@H](C)O.S.S.S.S.S. The summed E-state index contributed by atoms with van der Waals surface area (Å²) in [5.41, 5.74) is 6.26. The summed E-state index contributed by atoms with van der Waals surface area (Å²) in [6.07, 6.45) is -4.13. The van der Waals surface area contributed by atoms with Gasteiger partial charge >= 0.3 is 11.9 Å². The van der Waals surface area contributed by atoms with E-state index in [4.69, 9.17) is 5.73 Å². The molecule has 106 heavy (non-hydrogen) atoms. The van der Waals surface area contributed by atoms with Crippen molar-refractivity contribution >= 4 is 244 Å². The zero-order valence-electron chi connectivity index (χ0n) is 56.6. The van der Waals surface area contributed by atoms with Crippen molar-refractivity contribution in [1.82, 2.24) is 68.7 Å². The number of Topliss-reactive ketones (excluding diaryl/α,β-unsaturated/α-hetero) is 1. The fraction of sp³-hybridized carbons (Fsp3) is 0.508. The number of rotatable bonds is 42. The van der Waals surface area contributed by atoms with Crippen LogP contribution in [0.15, 0.2) is 48.5 Å². The molecule has 1 aliphatic heterocycles. The van der Waals surface area contributed by atoms with Gasteiger partial charge in [0.2, 0.25) is 82.6 Å². The number of aromatic hydroxyl groups is 2. The Labute approximate surface area is 676 Å². The lowest BCUT2D eigenvalue weighted by molar-refractivity contribution is -0.143. The number of likely N-dealkylation sites (tertiary alicyclic amines) is 1. The predicted molar refractivity (Wildman–Crippen MR) is 428 cm³/mol. The normalized spacial score (nSPS) is 15.3. The number of nitrogens with zero attached hydrogens (tertiary/aromatic N) is 1. The van der Waals surface area contributed by atoms with Crippen LogP contribution in [-0.4, -0.2) is 257 Å². The number of aliphatic hydroxyl groups excluding tert-OH is 1. The average molecular weight is 1700 g/mol. The van der Waals surface area contributed by atoms with Crippen molar-refractivity contribution in [2.45, 2.75) is 137 Å². The van der Waals surface area contributed by atoms with Crippen LogP contribution in [0.3, 0.4) is 0 Å². The summed E-state index contributed by atoms with van der Waals surface area (Å²) < 4.78 is 0. The number of carboxylic acid groups (broad SMARTS) is 2. The molecule has 1 saturated heterocycles. The van der Waals surface area contributed by atoms with Gasteiger partial charge < -0.3 is 100.0 Å². The highest BCUT2D eigenvalue weighted by Crippen LogP contribution is 2.21. The van der Waals surface area contributed by atoms with E-state index >= 15 is 0 Å². The van der Waals surface area contributed by atoms with Gasteiger partial charge in [0, 0.05) is 54.6 Å². The molecule has 0 aromatic heterocycles. The van der Waals surface area contributed by atoms with Gasteiger partial charge in [-0.25, -0.2) is 4.79 Å². The average Bonchev–Trinajstić information content (AvgIpc) is 1.62. The summed E-state index contributed by atoms with van der Waals surface area (Å²) in [4.78, 5) is 224. The molecule has 0 aliphatic carbocycles. The van der Waals surface area contributed by atoms with Crippen LogP contribution in [0.1, 0.15) is 57.1 Å². The molecule has 2 aromatic rings. The first-order chi connectivity index (χ1) is 47.6. The highest BCUT2D eigenvalue weighted by Gasteiger charge is 2.41. The molecule has 13 atom stereocenters. The lowest BCUT2D eigenvalue weighted by Gasteiger charge is -2.30. The van der Waals surface area contributed by atoms with Crippen LogP contribution in [0.25, 0.3) is 0 Å². The number of carbonyl (C=O) groups excluding carboxylic acids is 15. The number of primary amides is 1. The van der Waals surface area contributed by atoms with Gasteiger partial charge in [-0.3, -0.25) is 76.7 Å². The second-order valence-electron chi connectivity index (χ2n) is 22.6. The van der Waals surface area contributed by atoms with Crippen LogP contribution in [0, 0.1) is 0 Å². The number of amides is 14. The number of hydrogen-bond donors (Lipinski definition) is 24. The van der Waals surface area contributed by atoms with E-state index in [2.05, 4.69) is 140 Å². The smallest absolute Gasteiger partial charge is 0.326 e. The van der Waals surface area contributed by atoms with Crippen LogP contribution in [0.2, 0.25) is 0 Å². The summed E-state index contributed by atoms with van der Waals surface area (Å²) in [7, 11) is 0. The largest absolute Gasteiger partial charge is 0.508 e. The molecule has 2 aromatic carbocycles. The van der Waals surface area contributed by atoms with Crippen LogP contribution < -0.4 is 69.5 Å². The van der Waals surface area contributed by atoms with E-state index in [1.165, 1.54) is 55.5 Å². The molecule has 0 radical (unpaired) electrons. The number of phenolic OH excluding ortho intramolecular Hbond substituents is 2. The Balaban J connectivity index is -0.0000212. The molecule has 36 nitrogen and oxygen atoms in total. The molecule has 0 spiro atoms. The van der Waals surface area contributed by atoms with Crippen molar-refractivity contribution in [3.63, 3.8) is 0 Å². The number of benzene rings is 2. The van der Waals surface area contributed by atoms with Crippen molar-refractivity contribution in [2.75, 3.05) is 47.6 Å². The number of thiol groups is 6. The van der Waals surface area contributed by atoms with Crippen LogP contribution in [0.5, 0.6) is 11.5 Å². The van der Waals surface area contributed by atoms with Crippen molar-refractivity contribution in [3.8, 4) is 11.5 Å². The Morgan fingerprint density at radius 3 is 1.31 bits per heavy atom. The molecule has 1 fully saturated rings. The minimum atomic E-state index is -1.79. The van der Waals surface area contributed by atoms with Gasteiger partial charge in [-0.05, 0) is 68.5 Å². The molecule has 47 heteroatoms. The number of phenols is 2. The van der Waals surface area contributed by atoms with E-state index in [9.17, 15) is 107 Å². The van der Waals surface area contributed by atoms with E-state index in [0.29, 0.717) is 11.1 Å². The molecule has 596 valence electrons. The highest BCUT2D eigenvalue weighted by atomic mass is 32.1. The highest BCUT2D eigenvalue weighted by molar-refractivity contribution is 7.81. The molecule has 0 bridgehead atoms. The van der Waals surface area contributed by atoms with Crippen molar-refractivity contribution in [2.24, 2.45) is 5.73 Å². The quantitative estimate of drug-likeness (QED) is 0.0217. The maximum atomic E-state index is 14.2. The Hall–Kier alpha value is -6.96. The van der Waals surface area contributed by atoms with E-state index in [1.807, 2.05) is 0 Å². The summed E-state index contributed by atoms with van der Waals surface area (Å²) >= 11 is 24.3. The lowest BCUT2D eigenvalue weighted by atomic mass is 10.0. The van der Waals surface area contributed by atoms with Gasteiger partial charge in [-0.1, -0.05) is 24.3 Å². The van der Waals surface area contributed by atoms with E-state index < -0.39 is 234 Å². The molecule has 14 amide bonds. The molecule has 1 heterocycles. The number of carboxylic acids is 2. The third-order valence-corrected chi connectivity index (χ3v) is 17.0. The molecule has 19 N–H and O–H groups in total. The summed E-state index contributed by atoms with van der Waals surface area (Å²) in [5, 5.41) is 76.8. The molecular weight excluding hydrogens is 1610 g/mol. The zero-order chi connectivity index (χ0) is 76.0. The summed E-state index contributed by atoms with van der Waals surface area (Å²) in [6, 6.07) is -8.12. The number of aliphatic carboxylic acids is 2. The van der Waals surface area contributed by atoms with Gasteiger partial charge in [0.05, 0.1) is 24.8 Å². The first-order valence-electron chi connectivity index (χ1n) is 30.7. The monoisotopic (exact) mass is 1700 g/mol. The fourth-order valence-corrected chi connectivity index (χ4v) is 10.8. The molecular formula is C59H92N14O22S11. The van der Waals surface area contributed by atoms with Crippen molar-refractivity contribution in [1.29, 1.82) is 0 Å². The van der Waals surface area contributed by atoms with Crippen molar-refractivity contribution in [3.05, 3.63) is 59.7 Å². The number of nitrogens with two attached hydrogens (primary N) is 1. The van der Waals surface area contributed by atoms with Crippen molar-refractivity contribution < 1.29 is 107 Å². The first-order valence-corrected chi connectivity index (χ1v) is 34.5. The van der Waals surface area contributed by atoms with Gasteiger partial charge in [-0.15, -0.1) is 0 Å². The minimum absolute atomic E-state index is 0. The summed E-state index contributed by atoms with van der Waals surface area (Å²) in [6.45, 7) is 1.37. The Morgan fingerprint density at radius 1 is 0.491 bits per heavy atom. The zero-order valence-corrected chi connectivity index (χ0v) is 67.0. The Bertz CT molecular complexity index is 3360. The number of ketones is 1. The van der Waals surface area contributed by atoms with Gasteiger partial charge in [0.15, 0.2) is 0 Å². The second kappa shape index (κ2) is 52.2. The van der Waals surface area contributed by atoms with Gasteiger partial charge in [-0.2, -0.15) is 143 Å². The topological polar surface area (TPSA) is 565 Å². The molecule has 0 saturated carbocycles. The fourth-order valence-electron chi connectivity index (χ4n) is 9.35. The first kappa shape index (κ1) is 103. The number of carbonyl (C=O) groups is 17. The summed E-state index contributed by atoms with van der Waals surface area (Å²) in [5.74, 6) is -21.6. The third-order valence-electron chi connectivity index (χ3n) is 14.9. The maximum Gasteiger partial charge on any atom is 0.326 e. The number of aliphatic hydroxyl groups is 1. The number of nitrogens with one attached hydrogen (secondary N) is 12. The van der Waals surface area contributed by atoms with E-state index in [1.54, 1.807) is 0 Å². The lowest BCUT2D eigenvalue weighted by Crippen LogP contribution is -2.61. The number of hydrogen-bond acceptors (Lipinski definition) is 26. The maximum absolute atomic E-state index is 14.2.